The van der Waals surface area contributed by atoms with Gasteiger partial charge in [0.1, 0.15) is 0 Å². The standard InChI is InChI=1S/C6H13F2O5P/c1-2-13-4-5(9)3-6(7,8)14(10,11)12/h5,9H,2-4H2,1H3,(H2,10,11,12)/t5-/m0/s1. The van der Waals surface area contributed by atoms with E-state index in [0.29, 0.717) is 0 Å². The van der Waals surface area contributed by atoms with Gasteiger partial charge in [-0.3, -0.25) is 4.57 Å². The smallest absolute Gasteiger partial charge is 0.390 e. The van der Waals surface area contributed by atoms with E-state index >= 15 is 0 Å². The van der Waals surface area contributed by atoms with Gasteiger partial charge in [-0.05, 0) is 6.92 Å². The molecule has 86 valence electrons. The molecule has 0 heterocycles. The maximum Gasteiger partial charge on any atom is 0.394 e. The van der Waals surface area contributed by atoms with Crippen LogP contribution in [0.5, 0.6) is 0 Å². The van der Waals surface area contributed by atoms with Gasteiger partial charge in [-0.25, -0.2) is 0 Å². The van der Waals surface area contributed by atoms with Crippen LogP contribution in [0.25, 0.3) is 0 Å². The van der Waals surface area contributed by atoms with Gasteiger partial charge in [-0.15, -0.1) is 0 Å². The molecular formula is C6H13F2O5P. The minimum atomic E-state index is -5.50. The number of aliphatic hydroxyl groups excluding tert-OH is 1. The van der Waals surface area contributed by atoms with Crippen LogP contribution in [0.2, 0.25) is 0 Å². The van der Waals surface area contributed by atoms with Gasteiger partial charge in [0, 0.05) is 6.61 Å². The highest BCUT2D eigenvalue weighted by molar-refractivity contribution is 7.53. The zero-order valence-corrected chi connectivity index (χ0v) is 8.45. The second kappa shape index (κ2) is 5.14. The molecule has 0 saturated carbocycles. The lowest BCUT2D eigenvalue weighted by atomic mass is 10.3. The summed E-state index contributed by atoms with van der Waals surface area (Å²) in [7, 11) is -5.50. The van der Waals surface area contributed by atoms with Crippen molar-refractivity contribution in [3.05, 3.63) is 0 Å². The minimum absolute atomic E-state index is 0.235. The van der Waals surface area contributed by atoms with Crippen LogP contribution >= 0.6 is 7.60 Å². The van der Waals surface area contributed by atoms with Crippen LogP contribution in [-0.2, 0) is 9.30 Å². The lowest BCUT2D eigenvalue weighted by molar-refractivity contribution is -0.0278. The van der Waals surface area contributed by atoms with Crippen molar-refractivity contribution in [1.29, 1.82) is 0 Å². The van der Waals surface area contributed by atoms with Gasteiger partial charge in [0.2, 0.25) is 0 Å². The van der Waals surface area contributed by atoms with Crippen molar-refractivity contribution >= 4 is 7.60 Å². The molecule has 0 radical (unpaired) electrons. The molecule has 0 spiro atoms. The van der Waals surface area contributed by atoms with E-state index in [9.17, 15) is 13.3 Å². The van der Waals surface area contributed by atoms with Crippen LogP contribution < -0.4 is 0 Å². The van der Waals surface area contributed by atoms with E-state index in [4.69, 9.17) is 14.9 Å². The summed E-state index contributed by atoms with van der Waals surface area (Å²) in [5.74, 6) is 0. The third-order valence-electron chi connectivity index (χ3n) is 1.42. The highest BCUT2D eigenvalue weighted by Crippen LogP contribution is 2.55. The van der Waals surface area contributed by atoms with Crippen LogP contribution in [0.3, 0.4) is 0 Å². The Bertz CT molecular complexity index is 216. The Hall–Kier alpha value is -0.0700. The molecule has 3 N–H and O–H groups in total. The van der Waals surface area contributed by atoms with E-state index in [1.54, 1.807) is 6.92 Å². The van der Waals surface area contributed by atoms with Crippen LogP contribution in [0.4, 0.5) is 8.78 Å². The van der Waals surface area contributed by atoms with Crippen molar-refractivity contribution in [1.82, 2.24) is 0 Å². The average Bonchev–Trinajstić information content (AvgIpc) is 1.97. The Morgan fingerprint density at radius 1 is 1.50 bits per heavy atom. The van der Waals surface area contributed by atoms with E-state index < -0.39 is 25.8 Å². The van der Waals surface area contributed by atoms with Gasteiger partial charge in [-0.1, -0.05) is 0 Å². The van der Waals surface area contributed by atoms with Crippen molar-refractivity contribution in [2.75, 3.05) is 13.2 Å². The van der Waals surface area contributed by atoms with Gasteiger partial charge >= 0.3 is 13.3 Å². The first-order chi connectivity index (χ1) is 6.20. The second-order valence-electron chi connectivity index (χ2n) is 2.73. The van der Waals surface area contributed by atoms with Crippen molar-refractivity contribution in [3.8, 4) is 0 Å². The topological polar surface area (TPSA) is 87.0 Å². The van der Waals surface area contributed by atoms with Crippen LogP contribution in [0.1, 0.15) is 13.3 Å². The molecule has 0 rings (SSSR count). The molecule has 0 aromatic heterocycles. The molecule has 0 bridgehead atoms. The highest BCUT2D eigenvalue weighted by atomic mass is 31.2. The Labute approximate surface area is 79.9 Å². The predicted octanol–water partition coefficient (Wildman–Crippen LogP) is 0.544. The summed E-state index contributed by atoms with van der Waals surface area (Å²) in [6, 6.07) is 0. The molecule has 14 heavy (non-hydrogen) atoms. The summed E-state index contributed by atoms with van der Waals surface area (Å²) < 4.78 is 40.1. The largest absolute Gasteiger partial charge is 0.394 e. The number of ether oxygens (including phenoxy) is 1. The zero-order chi connectivity index (χ0) is 11.4. The van der Waals surface area contributed by atoms with E-state index in [1.807, 2.05) is 0 Å². The fourth-order valence-corrected chi connectivity index (χ4v) is 1.16. The summed E-state index contributed by atoms with van der Waals surface area (Å²) in [5, 5.41) is 8.93. The summed E-state index contributed by atoms with van der Waals surface area (Å²) in [6.07, 6.45) is -2.89. The first-order valence-corrected chi connectivity index (χ1v) is 5.51. The molecule has 0 aliphatic heterocycles. The molecule has 0 amide bonds. The van der Waals surface area contributed by atoms with Crippen molar-refractivity contribution in [2.45, 2.75) is 25.1 Å². The van der Waals surface area contributed by atoms with Gasteiger partial charge < -0.3 is 19.6 Å². The zero-order valence-electron chi connectivity index (χ0n) is 7.56. The Morgan fingerprint density at radius 2 is 2.00 bits per heavy atom. The number of hydrogen-bond donors (Lipinski definition) is 3. The highest BCUT2D eigenvalue weighted by Gasteiger charge is 2.49. The molecule has 0 aliphatic rings. The fourth-order valence-electron chi connectivity index (χ4n) is 0.715. The molecule has 0 aliphatic carbocycles. The van der Waals surface area contributed by atoms with E-state index in [2.05, 4.69) is 4.74 Å². The molecule has 0 aromatic carbocycles. The molecule has 0 aromatic rings. The summed E-state index contributed by atoms with van der Waals surface area (Å²) >= 11 is 0. The second-order valence-corrected chi connectivity index (χ2v) is 4.47. The summed E-state index contributed by atoms with van der Waals surface area (Å²) in [5.41, 5.74) is -4.20. The van der Waals surface area contributed by atoms with Crippen molar-refractivity contribution < 1.29 is 33.0 Å². The van der Waals surface area contributed by atoms with Crippen LogP contribution in [-0.4, -0.2) is 39.9 Å². The first-order valence-electron chi connectivity index (χ1n) is 3.90. The molecular weight excluding hydrogens is 221 g/mol. The number of aliphatic hydroxyl groups is 1. The lowest BCUT2D eigenvalue weighted by Crippen LogP contribution is -2.27. The minimum Gasteiger partial charge on any atom is -0.390 e. The van der Waals surface area contributed by atoms with Crippen LogP contribution in [0, 0.1) is 0 Å². The number of alkyl halides is 2. The number of halogens is 2. The molecule has 1 atom stereocenters. The third-order valence-corrected chi connectivity index (χ3v) is 2.46. The van der Waals surface area contributed by atoms with Gasteiger partial charge in [-0.2, -0.15) is 8.78 Å². The monoisotopic (exact) mass is 234 g/mol. The maximum atomic E-state index is 12.6. The molecule has 0 saturated heterocycles. The van der Waals surface area contributed by atoms with Gasteiger partial charge in [0.05, 0.1) is 19.1 Å². The van der Waals surface area contributed by atoms with E-state index in [-0.39, 0.29) is 13.2 Å². The van der Waals surface area contributed by atoms with Gasteiger partial charge in [0.25, 0.3) is 0 Å². The molecule has 0 unspecified atom stereocenters. The van der Waals surface area contributed by atoms with Crippen LogP contribution in [0.15, 0.2) is 0 Å². The quantitative estimate of drug-likeness (QED) is 0.584. The molecule has 0 fully saturated rings. The summed E-state index contributed by atoms with van der Waals surface area (Å²) in [6.45, 7) is 1.47. The third kappa shape index (κ3) is 4.43. The fraction of sp³-hybridized carbons (Fsp3) is 1.00. The Balaban J connectivity index is 4.16. The van der Waals surface area contributed by atoms with E-state index in [0.717, 1.165) is 0 Å². The maximum absolute atomic E-state index is 12.6. The van der Waals surface area contributed by atoms with Crippen molar-refractivity contribution in [2.24, 2.45) is 0 Å². The molecule has 8 heteroatoms. The SMILES string of the molecule is CCOC[C@@H](O)CC(F)(F)P(=O)(O)O. The Morgan fingerprint density at radius 3 is 2.36 bits per heavy atom. The number of hydrogen-bond acceptors (Lipinski definition) is 3. The average molecular weight is 234 g/mol. The lowest BCUT2D eigenvalue weighted by Gasteiger charge is -2.20. The van der Waals surface area contributed by atoms with Gasteiger partial charge in [0.15, 0.2) is 0 Å². The van der Waals surface area contributed by atoms with E-state index in [1.165, 1.54) is 0 Å². The normalized spacial score (nSPS) is 15.6. The number of rotatable bonds is 6. The first kappa shape index (κ1) is 13.9. The van der Waals surface area contributed by atoms with Crippen molar-refractivity contribution in [3.63, 3.8) is 0 Å². The Kier molecular flexibility index (Phi) is 5.11. The predicted molar refractivity (Wildman–Crippen MR) is 44.1 cm³/mol. The summed E-state index contributed by atoms with van der Waals surface area (Å²) in [4.78, 5) is 16.5. The molecule has 5 nitrogen and oxygen atoms in total.